The maximum Gasteiger partial charge on any atom is 0.228 e. The molecule has 3 rings (SSSR count). The van der Waals surface area contributed by atoms with Crippen molar-refractivity contribution in [2.45, 2.75) is 44.1 Å². The SMILES string of the molecule is CNC1(Cc2nc(-c3ccccn3)no2)CCCCC1. The van der Waals surface area contributed by atoms with Crippen molar-refractivity contribution >= 4 is 0 Å². The highest BCUT2D eigenvalue weighted by Gasteiger charge is 2.32. The molecular weight excluding hydrogens is 252 g/mol. The third kappa shape index (κ3) is 2.72. The van der Waals surface area contributed by atoms with Gasteiger partial charge in [-0.15, -0.1) is 0 Å². The summed E-state index contributed by atoms with van der Waals surface area (Å²) >= 11 is 0. The van der Waals surface area contributed by atoms with E-state index in [1.807, 2.05) is 25.2 Å². The number of hydrogen-bond acceptors (Lipinski definition) is 5. The molecule has 0 saturated heterocycles. The van der Waals surface area contributed by atoms with E-state index >= 15 is 0 Å². The zero-order chi connectivity index (χ0) is 13.8. The first kappa shape index (κ1) is 13.2. The molecule has 0 radical (unpaired) electrons. The van der Waals surface area contributed by atoms with E-state index < -0.39 is 0 Å². The van der Waals surface area contributed by atoms with E-state index in [0.29, 0.717) is 11.7 Å². The number of rotatable bonds is 4. The Morgan fingerprint density at radius 3 is 2.80 bits per heavy atom. The van der Waals surface area contributed by atoms with Gasteiger partial charge in [0.05, 0.1) is 0 Å². The van der Waals surface area contributed by atoms with Crippen LogP contribution < -0.4 is 5.32 Å². The summed E-state index contributed by atoms with van der Waals surface area (Å²) in [5, 5.41) is 7.51. The molecule has 0 aliphatic heterocycles. The molecule has 20 heavy (non-hydrogen) atoms. The first-order valence-corrected chi connectivity index (χ1v) is 7.24. The lowest BCUT2D eigenvalue weighted by atomic mass is 9.79. The van der Waals surface area contributed by atoms with Crippen LogP contribution >= 0.6 is 0 Å². The number of nitrogens with zero attached hydrogens (tertiary/aromatic N) is 3. The van der Waals surface area contributed by atoms with Gasteiger partial charge in [-0.25, -0.2) is 0 Å². The van der Waals surface area contributed by atoms with E-state index in [1.165, 1.54) is 32.1 Å². The van der Waals surface area contributed by atoms with E-state index in [9.17, 15) is 0 Å². The molecule has 0 bridgehead atoms. The number of likely N-dealkylation sites (N-methyl/N-ethyl adjacent to an activating group) is 1. The van der Waals surface area contributed by atoms with Gasteiger partial charge in [0.2, 0.25) is 11.7 Å². The molecule has 0 unspecified atom stereocenters. The molecule has 2 aromatic rings. The van der Waals surface area contributed by atoms with Crippen molar-refractivity contribution in [3.05, 3.63) is 30.3 Å². The third-order valence-electron chi connectivity index (χ3n) is 4.19. The van der Waals surface area contributed by atoms with E-state index in [0.717, 1.165) is 12.1 Å². The van der Waals surface area contributed by atoms with Crippen molar-refractivity contribution < 1.29 is 4.52 Å². The molecule has 1 aliphatic carbocycles. The van der Waals surface area contributed by atoms with Crippen LogP contribution in [0.15, 0.2) is 28.9 Å². The molecule has 0 spiro atoms. The monoisotopic (exact) mass is 272 g/mol. The number of aromatic nitrogens is 3. The van der Waals surface area contributed by atoms with Crippen LogP contribution in [0.1, 0.15) is 38.0 Å². The fraction of sp³-hybridized carbons (Fsp3) is 0.533. The Bertz CT molecular complexity index is 546. The lowest BCUT2D eigenvalue weighted by molar-refractivity contribution is 0.221. The lowest BCUT2D eigenvalue weighted by Crippen LogP contribution is -2.46. The molecule has 1 aliphatic rings. The quantitative estimate of drug-likeness (QED) is 0.926. The van der Waals surface area contributed by atoms with Crippen LogP contribution in [0.3, 0.4) is 0 Å². The largest absolute Gasteiger partial charge is 0.339 e. The molecule has 0 atom stereocenters. The highest BCUT2D eigenvalue weighted by atomic mass is 16.5. The highest BCUT2D eigenvalue weighted by Crippen LogP contribution is 2.31. The molecule has 1 fully saturated rings. The van der Waals surface area contributed by atoms with Gasteiger partial charge in [-0.05, 0) is 32.0 Å². The Kier molecular flexibility index (Phi) is 3.78. The van der Waals surface area contributed by atoms with E-state index in [-0.39, 0.29) is 5.54 Å². The normalized spacial score (nSPS) is 18.1. The summed E-state index contributed by atoms with van der Waals surface area (Å²) in [4.78, 5) is 8.73. The van der Waals surface area contributed by atoms with Crippen LogP contribution in [0.5, 0.6) is 0 Å². The minimum Gasteiger partial charge on any atom is -0.339 e. The van der Waals surface area contributed by atoms with Gasteiger partial charge in [0.25, 0.3) is 0 Å². The maximum atomic E-state index is 5.41. The summed E-state index contributed by atoms with van der Waals surface area (Å²) in [5.74, 6) is 1.27. The average molecular weight is 272 g/mol. The summed E-state index contributed by atoms with van der Waals surface area (Å²) < 4.78 is 5.41. The number of nitrogens with one attached hydrogen (secondary N) is 1. The average Bonchev–Trinajstić information content (AvgIpc) is 2.97. The molecule has 1 N–H and O–H groups in total. The first-order chi connectivity index (χ1) is 9.81. The maximum absolute atomic E-state index is 5.41. The van der Waals surface area contributed by atoms with Crippen LogP contribution in [0, 0.1) is 0 Å². The van der Waals surface area contributed by atoms with Crippen molar-refractivity contribution in [2.24, 2.45) is 0 Å². The van der Waals surface area contributed by atoms with Gasteiger partial charge in [-0.2, -0.15) is 4.98 Å². The van der Waals surface area contributed by atoms with Crippen LogP contribution in [0.25, 0.3) is 11.5 Å². The van der Waals surface area contributed by atoms with Gasteiger partial charge < -0.3 is 9.84 Å². The van der Waals surface area contributed by atoms with E-state index in [4.69, 9.17) is 4.52 Å². The van der Waals surface area contributed by atoms with Gasteiger partial charge in [-0.3, -0.25) is 4.98 Å². The Balaban J connectivity index is 1.77. The smallest absolute Gasteiger partial charge is 0.228 e. The molecule has 0 aromatic carbocycles. The van der Waals surface area contributed by atoms with Gasteiger partial charge in [0.15, 0.2) is 0 Å². The Hall–Kier alpha value is -1.75. The number of hydrogen-bond donors (Lipinski definition) is 1. The van der Waals surface area contributed by atoms with Crippen LogP contribution in [0.2, 0.25) is 0 Å². The van der Waals surface area contributed by atoms with Crippen LogP contribution in [0.4, 0.5) is 0 Å². The zero-order valence-corrected chi connectivity index (χ0v) is 11.8. The minimum atomic E-state index is 0.117. The van der Waals surface area contributed by atoms with Gasteiger partial charge >= 0.3 is 0 Å². The molecule has 2 heterocycles. The molecule has 1 saturated carbocycles. The predicted octanol–water partition coefficient (Wildman–Crippen LogP) is 2.60. The summed E-state index contributed by atoms with van der Waals surface area (Å²) in [6, 6.07) is 5.69. The summed E-state index contributed by atoms with van der Waals surface area (Å²) in [7, 11) is 2.03. The summed E-state index contributed by atoms with van der Waals surface area (Å²) in [5.41, 5.74) is 0.872. The fourth-order valence-electron chi connectivity index (χ4n) is 2.96. The second kappa shape index (κ2) is 5.71. The molecule has 0 amide bonds. The van der Waals surface area contributed by atoms with Crippen molar-refractivity contribution in [1.29, 1.82) is 0 Å². The van der Waals surface area contributed by atoms with Gasteiger partial charge in [-0.1, -0.05) is 30.5 Å². The topological polar surface area (TPSA) is 63.8 Å². The summed E-state index contributed by atoms with van der Waals surface area (Å²) in [6.07, 6.45) is 8.73. The van der Waals surface area contributed by atoms with Gasteiger partial charge in [0, 0.05) is 18.2 Å². The van der Waals surface area contributed by atoms with Crippen molar-refractivity contribution in [1.82, 2.24) is 20.4 Å². The third-order valence-corrected chi connectivity index (χ3v) is 4.19. The highest BCUT2D eigenvalue weighted by molar-refractivity contribution is 5.47. The van der Waals surface area contributed by atoms with E-state index in [2.05, 4.69) is 20.4 Å². The Labute approximate surface area is 118 Å². The lowest BCUT2D eigenvalue weighted by Gasteiger charge is -2.36. The van der Waals surface area contributed by atoms with Crippen LogP contribution in [-0.4, -0.2) is 27.7 Å². The van der Waals surface area contributed by atoms with E-state index in [1.54, 1.807) is 6.20 Å². The molecule has 5 heteroatoms. The van der Waals surface area contributed by atoms with Crippen molar-refractivity contribution in [3.63, 3.8) is 0 Å². The zero-order valence-electron chi connectivity index (χ0n) is 11.8. The van der Waals surface area contributed by atoms with Crippen molar-refractivity contribution in [3.8, 4) is 11.5 Å². The first-order valence-electron chi connectivity index (χ1n) is 7.24. The number of pyridine rings is 1. The van der Waals surface area contributed by atoms with Crippen molar-refractivity contribution in [2.75, 3.05) is 7.05 Å². The second-order valence-corrected chi connectivity index (χ2v) is 5.49. The Morgan fingerprint density at radius 2 is 2.10 bits per heavy atom. The minimum absolute atomic E-state index is 0.117. The molecular formula is C15H20N4O. The standard InChI is InChI=1S/C15H20N4O/c1-16-15(8-4-2-5-9-15)11-13-18-14(19-20-13)12-7-3-6-10-17-12/h3,6-7,10,16H,2,4-5,8-9,11H2,1H3. The Morgan fingerprint density at radius 1 is 1.25 bits per heavy atom. The summed E-state index contributed by atoms with van der Waals surface area (Å²) in [6.45, 7) is 0. The van der Waals surface area contributed by atoms with Gasteiger partial charge in [0.1, 0.15) is 5.69 Å². The molecule has 2 aromatic heterocycles. The van der Waals surface area contributed by atoms with Crippen LogP contribution in [-0.2, 0) is 6.42 Å². The second-order valence-electron chi connectivity index (χ2n) is 5.49. The predicted molar refractivity (Wildman–Crippen MR) is 76.1 cm³/mol. The molecule has 5 nitrogen and oxygen atoms in total. The molecule has 106 valence electrons. The fourth-order valence-corrected chi connectivity index (χ4v) is 2.96.